The van der Waals surface area contributed by atoms with Gasteiger partial charge in [0.05, 0.1) is 0 Å². The van der Waals surface area contributed by atoms with E-state index in [4.69, 9.17) is 0 Å². The largest absolute Gasteiger partial charge is 0.369 e. The molecule has 3 rings (SSSR count). The maximum absolute atomic E-state index is 12.0. The summed E-state index contributed by atoms with van der Waals surface area (Å²) in [6, 6.07) is 5.24. The highest BCUT2D eigenvalue weighted by Gasteiger charge is 2.16. The molecular formula is C15H21N5O2S2. The van der Waals surface area contributed by atoms with E-state index in [9.17, 15) is 8.42 Å². The molecule has 3 heterocycles. The number of hydrogen-bond donors (Lipinski definition) is 2. The number of hydrogen-bond acceptors (Lipinski definition) is 7. The molecule has 1 saturated heterocycles. The molecule has 7 nitrogen and oxygen atoms in total. The van der Waals surface area contributed by atoms with Gasteiger partial charge in [-0.15, -0.1) is 11.3 Å². The van der Waals surface area contributed by atoms with Crippen molar-refractivity contribution in [2.45, 2.75) is 24.0 Å². The topological polar surface area (TPSA) is 87.2 Å². The van der Waals surface area contributed by atoms with Crippen molar-refractivity contribution in [3.05, 3.63) is 29.4 Å². The molecule has 0 atom stereocenters. The van der Waals surface area contributed by atoms with Crippen LogP contribution >= 0.6 is 11.3 Å². The molecular weight excluding hydrogens is 346 g/mol. The monoisotopic (exact) mass is 367 g/mol. The molecule has 1 fully saturated rings. The molecule has 0 amide bonds. The number of anilines is 2. The van der Waals surface area contributed by atoms with Gasteiger partial charge in [0, 0.05) is 32.2 Å². The van der Waals surface area contributed by atoms with Crippen LogP contribution in [0.15, 0.2) is 27.8 Å². The Morgan fingerprint density at radius 1 is 1.25 bits per heavy atom. The second-order valence-corrected chi connectivity index (χ2v) is 8.55. The Morgan fingerprint density at radius 3 is 2.75 bits per heavy atom. The van der Waals surface area contributed by atoms with Crippen LogP contribution < -0.4 is 14.9 Å². The van der Waals surface area contributed by atoms with Gasteiger partial charge < -0.3 is 10.2 Å². The quantitative estimate of drug-likeness (QED) is 0.726. The zero-order chi connectivity index (χ0) is 17.0. The number of sulfonamides is 1. The maximum Gasteiger partial charge on any atom is 0.250 e. The number of nitrogens with one attached hydrogen (secondary N) is 2. The molecule has 1 aliphatic rings. The molecule has 0 radical (unpaired) electrons. The Labute approximate surface area is 146 Å². The molecule has 0 bridgehead atoms. The first-order valence-corrected chi connectivity index (χ1v) is 10.3. The molecule has 2 aromatic rings. The summed E-state index contributed by atoms with van der Waals surface area (Å²) in [6.45, 7) is 4.67. The molecule has 9 heteroatoms. The molecule has 130 valence electrons. The van der Waals surface area contributed by atoms with Gasteiger partial charge in [-0.1, -0.05) is 6.07 Å². The van der Waals surface area contributed by atoms with Crippen LogP contribution in [0, 0.1) is 6.92 Å². The highest BCUT2D eigenvalue weighted by Crippen LogP contribution is 2.20. The van der Waals surface area contributed by atoms with E-state index in [1.165, 1.54) is 24.2 Å². The molecule has 2 aromatic heterocycles. The van der Waals surface area contributed by atoms with Crippen LogP contribution in [0.2, 0.25) is 0 Å². The van der Waals surface area contributed by atoms with Gasteiger partial charge in [0.15, 0.2) is 0 Å². The molecule has 0 aliphatic carbocycles. The first kappa shape index (κ1) is 17.1. The molecule has 0 aromatic carbocycles. The van der Waals surface area contributed by atoms with Crippen molar-refractivity contribution in [3.63, 3.8) is 0 Å². The van der Waals surface area contributed by atoms with E-state index < -0.39 is 10.0 Å². The van der Waals surface area contributed by atoms with E-state index in [0.717, 1.165) is 24.7 Å². The smallest absolute Gasteiger partial charge is 0.250 e. The maximum atomic E-state index is 12.0. The van der Waals surface area contributed by atoms with E-state index in [-0.39, 0.29) is 0 Å². The van der Waals surface area contributed by atoms with Crippen LogP contribution in [0.3, 0.4) is 0 Å². The number of nitrogens with zero attached hydrogens (tertiary/aromatic N) is 3. The van der Waals surface area contributed by atoms with E-state index in [1.54, 1.807) is 17.5 Å². The lowest BCUT2D eigenvalue weighted by atomic mass is 10.4. The Hall–Kier alpha value is -1.71. The average Bonchev–Trinajstić information content (AvgIpc) is 3.23. The SMILES string of the molecule is Cc1nc(NCCNS(=O)(=O)c2cccs2)cc(N2CCCC2)n1. The van der Waals surface area contributed by atoms with Crippen LogP contribution in [0.5, 0.6) is 0 Å². The zero-order valence-corrected chi connectivity index (χ0v) is 15.2. The normalized spacial score (nSPS) is 15.0. The predicted octanol–water partition coefficient (Wildman–Crippen LogP) is 1.84. The van der Waals surface area contributed by atoms with Crippen molar-refractivity contribution >= 4 is 33.0 Å². The number of aromatic nitrogens is 2. The summed E-state index contributed by atoms with van der Waals surface area (Å²) in [5, 5.41) is 4.91. The van der Waals surface area contributed by atoms with Gasteiger partial charge >= 0.3 is 0 Å². The van der Waals surface area contributed by atoms with Crippen molar-refractivity contribution in [1.29, 1.82) is 0 Å². The lowest BCUT2D eigenvalue weighted by Gasteiger charge is -2.17. The third-order valence-corrected chi connectivity index (χ3v) is 6.60. The Bertz CT molecular complexity index is 771. The van der Waals surface area contributed by atoms with Crippen LogP contribution in [-0.4, -0.2) is 44.6 Å². The van der Waals surface area contributed by atoms with E-state index in [0.29, 0.717) is 23.1 Å². The molecule has 1 aliphatic heterocycles. The Balaban J connectivity index is 1.55. The Morgan fingerprint density at radius 2 is 2.04 bits per heavy atom. The standard InChI is InChI=1S/C15H21N5O2S2/c1-12-18-13(11-14(19-12)20-8-2-3-9-20)16-6-7-17-24(21,22)15-5-4-10-23-15/h4-5,10-11,17H,2-3,6-9H2,1H3,(H,16,18,19). The highest BCUT2D eigenvalue weighted by molar-refractivity contribution is 7.91. The highest BCUT2D eigenvalue weighted by atomic mass is 32.2. The summed E-state index contributed by atoms with van der Waals surface area (Å²) >= 11 is 1.21. The minimum Gasteiger partial charge on any atom is -0.369 e. The summed E-state index contributed by atoms with van der Waals surface area (Å²) in [5.74, 6) is 2.36. The fourth-order valence-corrected chi connectivity index (χ4v) is 4.68. The Kier molecular flexibility index (Phi) is 5.32. The van der Waals surface area contributed by atoms with Crippen molar-refractivity contribution in [3.8, 4) is 0 Å². The van der Waals surface area contributed by atoms with Gasteiger partial charge in [0.1, 0.15) is 21.7 Å². The van der Waals surface area contributed by atoms with Crippen molar-refractivity contribution in [1.82, 2.24) is 14.7 Å². The zero-order valence-electron chi connectivity index (χ0n) is 13.5. The fraction of sp³-hybridized carbons (Fsp3) is 0.467. The van der Waals surface area contributed by atoms with E-state index >= 15 is 0 Å². The van der Waals surface area contributed by atoms with Crippen molar-refractivity contribution in [2.75, 3.05) is 36.4 Å². The second kappa shape index (κ2) is 7.45. The summed E-state index contributed by atoms with van der Waals surface area (Å²) < 4.78 is 27.0. The van der Waals surface area contributed by atoms with Gasteiger partial charge in [0.25, 0.3) is 0 Å². The van der Waals surface area contributed by atoms with E-state index in [2.05, 4.69) is 24.9 Å². The summed E-state index contributed by atoms with van der Waals surface area (Å²) in [6.07, 6.45) is 2.38. The van der Waals surface area contributed by atoms with Crippen LogP contribution in [0.1, 0.15) is 18.7 Å². The van der Waals surface area contributed by atoms with Gasteiger partial charge in [-0.25, -0.2) is 23.1 Å². The molecule has 0 spiro atoms. The fourth-order valence-electron chi connectivity index (χ4n) is 2.61. The molecule has 0 unspecified atom stereocenters. The van der Waals surface area contributed by atoms with Crippen molar-refractivity contribution in [2.24, 2.45) is 0 Å². The van der Waals surface area contributed by atoms with Crippen LogP contribution in [0.4, 0.5) is 11.6 Å². The summed E-state index contributed by atoms with van der Waals surface area (Å²) in [5.41, 5.74) is 0. The molecule has 0 saturated carbocycles. The van der Waals surface area contributed by atoms with E-state index in [1.807, 2.05) is 13.0 Å². The molecule has 24 heavy (non-hydrogen) atoms. The lowest BCUT2D eigenvalue weighted by molar-refractivity contribution is 0.585. The minimum absolute atomic E-state index is 0.294. The third kappa shape index (κ3) is 4.22. The summed E-state index contributed by atoms with van der Waals surface area (Å²) in [7, 11) is -3.41. The van der Waals surface area contributed by atoms with Crippen molar-refractivity contribution < 1.29 is 8.42 Å². The van der Waals surface area contributed by atoms with Gasteiger partial charge in [0.2, 0.25) is 10.0 Å². The lowest BCUT2D eigenvalue weighted by Crippen LogP contribution is -2.28. The summed E-state index contributed by atoms with van der Waals surface area (Å²) in [4.78, 5) is 11.1. The van der Waals surface area contributed by atoms with Gasteiger partial charge in [-0.3, -0.25) is 0 Å². The average molecular weight is 368 g/mol. The van der Waals surface area contributed by atoms with Crippen LogP contribution in [0.25, 0.3) is 0 Å². The molecule has 2 N–H and O–H groups in total. The third-order valence-electron chi connectivity index (χ3n) is 3.74. The van der Waals surface area contributed by atoms with Gasteiger partial charge in [-0.2, -0.15) is 0 Å². The van der Waals surface area contributed by atoms with Crippen LogP contribution in [-0.2, 0) is 10.0 Å². The minimum atomic E-state index is -3.41. The van der Waals surface area contributed by atoms with Gasteiger partial charge in [-0.05, 0) is 31.2 Å². The first-order chi connectivity index (χ1) is 11.5. The second-order valence-electron chi connectivity index (χ2n) is 5.61. The number of aryl methyl sites for hydroxylation is 1. The number of thiophene rings is 1. The predicted molar refractivity (Wildman–Crippen MR) is 96.2 cm³/mol. The first-order valence-electron chi connectivity index (χ1n) is 7.92. The number of rotatable bonds is 7.